The van der Waals surface area contributed by atoms with Gasteiger partial charge in [-0.05, 0) is 24.3 Å². The number of hydrogen-bond acceptors (Lipinski definition) is 3. The maximum atomic E-state index is 12.5. The highest BCUT2D eigenvalue weighted by molar-refractivity contribution is 5.82. The van der Waals surface area contributed by atoms with Crippen molar-refractivity contribution < 1.29 is 4.79 Å². The molecule has 5 nitrogen and oxygen atoms in total. The Morgan fingerprint density at radius 1 is 1.29 bits per heavy atom. The van der Waals surface area contributed by atoms with Crippen LogP contribution in [-0.2, 0) is 11.3 Å². The molecule has 0 aromatic carbocycles. The lowest BCUT2D eigenvalue weighted by atomic mass is 9.82. The lowest BCUT2D eigenvalue weighted by Crippen LogP contribution is -2.54. The molecule has 1 saturated heterocycles. The van der Waals surface area contributed by atoms with E-state index in [1.807, 2.05) is 35.4 Å². The van der Waals surface area contributed by atoms with E-state index >= 15 is 0 Å². The third-order valence-corrected chi connectivity index (χ3v) is 4.79. The number of carbonyl (C=O) groups is 1. The van der Waals surface area contributed by atoms with Crippen LogP contribution in [0.1, 0.15) is 31.9 Å². The fourth-order valence-corrected chi connectivity index (χ4v) is 3.57. The summed E-state index contributed by atoms with van der Waals surface area (Å²) in [5.41, 5.74) is 7.15. The summed E-state index contributed by atoms with van der Waals surface area (Å²) in [4.78, 5) is 26.4. The van der Waals surface area contributed by atoms with Crippen molar-refractivity contribution in [3.63, 3.8) is 0 Å². The molecule has 2 N–H and O–H groups in total. The van der Waals surface area contributed by atoms with Crippen LogP contribution >= 0.6 is 0 Å². The first kappa shape index (κ1) is 14.3. The molecule has 2 aliphatic rings. The normalized spacial score (nSPS) is 25.6. The van der Waals surface area contributed by atoms with Gasteiger partial charge in [0.15, 0.2) is 0 Å². The Balaban J connectivity index is 1.85. The molecule has 3 heterocycles. The number of carbonyl (C=O) groups excluding carboxylic acids is 1. The van der Waals surface area contributed by atoms with Crippen LogP contribution in [0, 0.1) is 11.8 Å². The molecule has 5 heteroatoms. The van der Waals surface area contributed by atoms with E-state index in [4.69, 9.17) is 5.73 Å². The molecule has 1 aromatic heterocycles. The number of aromatic nitrogens is 1. The number of piperidine rings is 1. The first-order valence-electron chi connectivity index (χ1n) is 7.71. The fraction of sp³-hybridized carbons (Fsp3) is 0.625. The fourth-order valence-electron chi connectivity index (χ4n) is 3.57. The van der Waals surface area contributed by atoms with E-state index < -0.39 is 6.04 Å². The number of likely N-dealkylation sites (tertiary alicyclic amines) is 1. The zero-order valence-electron chi connectivity index (χ0n) is 12.7. The summed E-state index contributed by atoms with van der Waals surface area (Å²) >= 11 is 0. The average Bonchev–Trinajstić information content (AvgIpc) is 2.46. The maximum Gasteiger partial charge on any atom is 0.250 e. The van der Waals surface area contributed by atoms with Crippen molar-refractivity contribution in [2.45, 2.75) is 38.8 Å². The second kappa shape index (κ2) is 5.30. The molecule has 0 aliphatic carbocycles. The van der Waals surface area contributed by atoms with Crippen molar-refractivity contribution >= 4 is 5.91 Å². The Labute approximate surface area is 124 Å². The van der Waals surface area contributed by atoms with E-state index in [9.17, 15) is 9.59 Å². The molecule has 2 bridgehead atoms. The van der Waals surface area contributed by atoms with Gasteiger partial charge in [-0.3, -0.25) is 9.59 Å². The molecule has 3 rings (SSSR count). The standard InChI is InChI=1S/C16H23N3O2/c1-10(2)15(17)16(21)18-7-11-6-12(9-18)13-4-3-5-14(20)19(13)8-11/h3-5,10-12,15H,6-9,17H2,1-2H3/t11-,12+,15+/m1/s1. The van der Waals surface area contributed by atoms with Gasteiger partial charge in [0.2, 0.25) is 5.91 Å². The number of amides is 1. The van der Waals surface area contributed by atoms with E-state index in [0.29, 0.717) is 19.0 Å². The van der Waals surface area contributed by atoms with Crippen molar-refractivity contribution in [2.75, 3.05) is 13.1 Å². The number of hydrogen-bond donors (Lipinski definition) is 1. The molecule has 2 aliphatic heterocycles. The van der Waals surface area contributed by atoms with Crippen LogP contribution in [0.3, 0.4) is 0 Å². The maximum absolute atomic E-state index is 12.5. The first-order chi connectivity index (χ1) is 9.97. The predicted octanol–water partition coefficient (Wildman–Crippen LogP) is 0.777. The smallest absolute Gasteiger partial charge is 0.250 e. The molecule has 1 aromatic rings. The van der Waals surface area contributed by atoms with E-state index in [1.54, 1.807) is 6.07 Å². The summed E-state index contributed by atoms with van der Waals surface area (Å²) in [5.74, 6) is 0.815. The SMILES string of the molecule is CC(C)[C@H](N)C(=O)N1C[C@H]2C[C@@H](C1)c1cccc(=O)n1C2. The van der Waals surface area contributed by atoms with Crippen LogP contribution in [0.4, 0.5) is 0 Å². The quantitative estimate of drug-likeness (QED) is 0.874. The second-order valence-corrected chi connectivity index (χ2v) is 6.71. The molecule has 21 heavy (non-hydrogen) atoms. The highest BCUT2D eigenvalue weighted by atomic mass is 16.2. The third-order valence-electron chi connectivity index (χ3n) is 4.79. The third kappa shape index (κ3) is 2.50. The highest BCUT2D eigenvalue weighted by Gasteiger charge is 2.37. The lowest BCUT2D eigenvalue weighted by molar-refractivity contribution is -0.136. The van der Waals surface area contributed by atoms with Crippen LogP contribution in [0.5, 0.6) is 0 Å². The van der Waals surface area contributed by atoms with Gasteiger partial charge in [-0.15, -0.1) is 0 Å². The molecular weight excluding hydrogens is 266 g/mol. The summed E-state index contributed by atoms with van der Waals surface area (Å²) in [6.07, 6.45) is 1.06. The van der Waals surface area contributed by atoms with E-state index in [-0.39, 0.29) is 23.3 Å². The number of nitrogens with two attached hydrogens (primary N) is 1. The minimum Gasteiger partial charge on any atom is -0.340 e. The average molecular weight is 289 g/mol. The zero-order chi connectivity index (χ0) is 15.1. The van der Waals surface area contributed by atoms with Crippen LogP contribution < -0.4 is 11.3 Å². The summed E-state index contributed by atoms with van der Waals surface area (Å²) in [5, 5.41) is 0. The molecule has 1 amide bonds. The Morgan fingerprint density at radius 2 is 2.05 bits per heavy atom. The highest BCUT2D eigenvalue weighted by Crippen LogP contribution is 2.35. The molecule has 0 spiro atoms. The minimum absolute atomic E-state index is 0.0476. The molecular formula is C16H23N3O2. The molecule has 3 atom stereocenters. The van der Waals surface area contributed by atoms with Gasteiger partial charge in [-0.2, -0.15) is 0 Å². The Bertz CT molecular complexity index is 608. The number of nitrogens with zero attached hydrogens (tertiary/aromatic N) is 2. The van der Waals surface area contributed by atoms with Crippen molar-refractivity contribution in [1.82, 2.24) is 9.47 Å². The summed E-state index contributed by atoms with van der Waals surface area (Å²) in [7, 11) is 0. The van der Waals surface area contributed by atoms with E-state index in [1.165, 1.54) is 0 Å². The van der Waals surface area contributed by atoms with Crippen LogP contribution in [0.15, 0.2) is 23.0 Å². The van der Waals surface area contributed by atoms with Gasteiger partial charge in [0.25, 0.3) is 5.56 Å². The number of pyridine rings is 1. The van der Waals surface area contributed by atoms with Crippen LogP contribution in [0.2, 0.25) is 0 Å². The molecule has 1 fully saturated rings. The first-order valence-corrected chi connectivity index (χ1v) is 7.71. The predicted molar refractivity (Wildman–Crippen MR) is 80.9 cm³/mol. The lowest BCUT2D eigenvalue weighted by Gasteiger charge is -2.43. The topological polar surface area (TPSA) is 68.3 Å². The molecule has 0 saturated carbocycles. The van der Waals surface area contributed by atoms with Gasteiger partial charge in [0, 0.05) is 37.3 Å². The van der Waals surface area contributed by atoms with Gasteiger partial charge in [-0.25, -0.2) is 0 Å². The van der Waals surface area contributed by atoms with Gasteiger partial charge in [-0.1, -0.05) is 19.9 Å². The van der Waals surface area contributed by atoms with Crippen molar-refractivity contribution in [3.05, 3.63) is 34.2 Å². The summed E-state index contributed by atoms with van der Waals surface area (Å²) < 4.78 is 1.88. The molecule has 0 radical (unpaired) electrons. The minimum atomic E-state index is -0.429. The van der Waals surface area contributed by atoms with Crippen LogP contribution in [0.25, 0.3) is 0 Å². The monoisotopic (exact) mass is 289 g/mol. The number of fused-ring (bicyclic) bond motifs is 4. The van der Waals surface area contributed by atoms with Crippen molar-refractivity contribution in [1.29, 1.82) is 0 Å². The van der Waals surface area contributed by atoms with Gasteiger partial charge in [0.1, 0.15) is 0 Å². The van der Waals surface area contributed by atoms with Crippen molar-refractivity contribution in [2.24, 2.45) is 17.6 Å². The van der Waals surface area contributed by atoms with Crippen molar-refractivity contribution in [3.8, 4) is 0 Å². The van der Waals surface area contributed by atoms with E-state index in [2.05, 4.69) is 0 Å². The van der Waals surface area contributed by atoms with Gasteiger partial charge < -0.3 is 15.2 Å². The van der Waals surface area contributed by atoms with Gasteiger partial charge in [0.05, 0.1) is 6.04 Å². The van der Waals surface area contributed by atoms with Crippen LogP contribution in [-0.4, -0.2) is 34.5 Å². The van der Waals surface area contributed by atoms with E-state index in [0.717, 1.165) is 18.7 Å². The second-order valence-electron chi connectivity index (χ2n) is 6.71. The summed E-state index contributed by atoms with van der Waals surface area (Å²) in [6, 6.07) is 5.01. The molecule has 0 unspecified atom stereocenters. The largest absolute Gasteiger partial charge is 0.340 e. The summed E-state index contributed by atoms with van der Waals surface area (Å²) in [6.45, 7) is 6.06. The molecule has 114 valence electrons. The number of rotatable bonds is 2. The Morgan fingerprint density at radius 3 is 2.76 bits per heavy atom. The van der Waals surface area contributed by atoms with Gasteiger partial charge >= 0.3 is 0 Å². The zero-order valence-corrected chi connectivity index (χ0v) is 12.7. The Kier molecular flexibility index (Phi) is 3.61. The Hall–Kier alpha value is -1.62.